The molecule has 2 aromatic heterocycles. The molecule has 3 rings (SSSR count). The maximum Gasteiger partial charge on any atom is 0.340 e. The number of hydrogen-bond acceptors (Lipinski definition) is 5. The number of halogens is 2. The summed E-state index contributed by atoms with van der Waals surface area (Å²) < 4.78 is 21.4. The summed E-state index contributed by atoms with van der Waals surface area (Å²) in [7, 11) is 0. The molecule has 0 aliphatic carbocycles. The van der Waals surface area contributed by atoms with Crippen molar-refractivity contribution in [1.29, 1.82) is 0 Å². The molecular formula is C19H20ClFN4O4. The Morgan fingerprint density at radius 1 is 1.28 bits per heavy atom. The highest BCUT2D eigenvalue weighted by Gasteiger charge is 2.20. The number of imidazole rings is 1. The summed E-state index contributed by atoms with van der Waals surface area (Å²) >= 11 is 5.89. The number of fused-ring (bicyclic) bond motifs is 1. The van der Waals surface area contributed by atoms with Gasteiger partial charge >= 0.3 is 11.7 Å². The lowest BCUT2D eigenvalue weighted by Gasteiger charge is -2.08. The predicted molar refractivity (Wildman–Crippen MR) is 106 cm³/mol. The third-order valence-electron chi connectivity index (χ3n) is 4.50. The largest absolute Gasteiger partial charge is 0.454 e. The van der Waals surface area contributed by atoms with Crippen LogP contribution in [0.5, 0.6) is 0 Å². The van der Waals surface area contributed by atoms with E-state index in [1.54, 1.807) is 4.57 Å². The van der Waals surface area contributed by atoms with Gasteiger partial charge in [-0.3, -0.25) is 14.3 Å². The Morgan fingerprint density at radius 2 is 2.03 bits per heavy atom. The van der Waals surface area contributed by atoms with Crippen LogP contribution >= 0.6 is 11.6 Å². The first-order valence-electron chi connectivity index (χ1n) is 9.21. The molecule has 0 radical (unpaired) electrons. The highest BCUT2D eigenvalue weighted by atomic mass is 35.5. The van der Waals surface area contributed by atoms with Crippen molar-refractivity contribution in [2.24, 2.45) is 0 Å². The van der Waals surface area contributed by atoms with E-state index in [9.17, 15) is 18.8 Å². The molecule has 0 saturated carbocycles. The van der Waals surface area contributed by atoms with E-state index in [4.69, 9.17) is 16.3 Å². The molecule has 0 amide bonds. The Balaban J connectivity index is 1.97. The van der Waals surface area contributed by atoms with Crippen molar-refractivity contribution in [2.45, 2.75) is 46.4 Å². The zero-order chi connectivity index (χ0) is 21.1. The maximum atomic E-state index is 13.2. The Kier molecular flexibility index (Phi) is 6.17. The molecule has 8 nitrogen and oxygen atoms in total. The molecule has 0 unspecified atom stereocenters. The summed E-state index contributed by atoms with van der Waals surface area (Å²) in [5.74, 6) is -0.999. The second-order valence-corrected chi connectivity index (χ2v) is 6.82. The summed E-state index contributed by atoms with van der Waals surface area (Å²) in [4.78, 5) is 43.6. The highest BCUT2D eigenvalue weighted by Crippen LogP contribution is 2.19. The standard InChI is InChI=1S/C19H20ClFN4O4/c1-3-5-8-25-16-15(17(26)23-19(25)28)24(4-2)14(22-16)10-29-18(27)12-7-6-11(21)9-13(12)20/h6-7,9H,3-5,8,10H2,1-2H3,(H,23,26,28). The lowest BCUT2D eigenvalue weighted by atomic mass is 10.2. The quantitative estimate of drug-likeness (QED) is 0.590. The Bertz CT molecular complexity index is 1180. The van der Waals surface area contributed by atoms with Gasteiger partial charge in [-0.25, -0.2) is 19.0 Å². The minimum absolute atomic E-state index is 0.0185. The van der Waals surface area contributed by atoms with Crippen LogP contribution in [-0.2, 0) is 24.4 Å². The van der Waals surface area contributed by atoms with Gasteiger partial charge in [0, 0.05) is 13.1 Å². The van der Waals surface area contributed by atoms with Gasteiger partial charge in [0.2, 0.25) is 0 Å². The molecule has 154 valence electrons. The number of esters is 1. The Labute approximate surface area is 169 Å². The average Bonchev–Trinajstić information content (AvgIpc) is 3.04. The molecule has 0 fully saturated rings. The molecule has 0 aliphatic rings. The molecule has 0 aliphatic heterocycles. The van der Waals surface area contributed by atoms with E-state index >= 15 is 0 Å². The number of nitrogens with zero attached hydrogens (tertiary/aromatic N) is 3. The third kappa shape index (κ3) is 4.09. The van der Waals surface area contributed by atoms with Crippen molar-refractivity contribution < 1.29 is 13.9 Å². The minimum Gasteiger partial charge on any atom is -0.454 e. The minimum atomic E-state index is -0.748. The summed E-state index contributed by atoms with van der Waals surface area (Å²) in [6, 6.07) is 3.36. The monoisotopic (exact) mass is 422 g/mol. The van der Waals surface area contributed by atoms with Crippen molar-refractivity contribution in [3.8, 4) is 0 Å². The number of ether oxygens (including phenoxy) is 1. The first-order chi connectivity index (χ1) is 13.9. The van der Waals surface area contributed by atoms with E-state index in [-0.39, 0.29) is 28.4 Å². The number of aromatic nitrogens is 4. The average molecular weight is 423 g/mol. The number of carbonyl (C=O) groups is 1. The number of carbonyl (C=O) groups excluding carboxylic acids is 1. The van der Waals surface area contributed by atoms with Gasteiger partial charge in [-0.1, -0.05) is 24.9 Å². The predicted octanol–water partition coefficient (Wildman–Crippen LogP) is 2.86. The summed E-state index contributed by atoms with van der Waals surface area (Å²) in [5, 5.41) is -0.0659. The lowest BCUT2D eigenvalue weighted by Crippen LogP contribution is -2.31. The van der Waals surface area contributed by atoms with Crippen molar-refractivity contribution in [3.63, 3.8) is 0 Å². The van der Waals surface area contributed by atoms with Crippen LogP contribution in [0.3, 0.4) is 0 Å². The first-order valence-corrected chi connectivity index (χ1v) is 9.59. The number of aryl methyl sites for hydroxylation is 2. The van der Waals surface area contributed by atoms with Gasteiger partial charge < -0.3 is 9.30 Å². The van der Waals surface area contributed by atoms with Crippen LogP contribution in [0.1, 0.15) is 42.9 Å². The number of H-pyrrole nitrogens is 1. The number of nitrogens with one attached hydrogen (secondary N) is 1. The van der Waals surface area contributed by atoms with E-state index < -0.39 is 23.0 Å². The molecule has 29 heavy (non-hydrogen) atoms. The molecule has 1 N–H and O–H groups in total. The van der Waals surface area contributed by atoms with Gasteiger partial charge in [0.1, 0.15) is 18.2 Å². The van der Waals surface area contributed by atoms with Crippen LogP contribution < -0.4 is 11.2 Å². The third-order valence-corrected chi connectivity index (χ3v) is 4.81. The number of aromatic amines is 1. The maximum absolute atomic E-state index is 13.2. The molecule has 2 heterocycles. The molecular weight excluding hydrogens is 403 g/mol. The topological polar surface area (TPSA) is 99.0 Å². The number of rotatable bonds is 7. The van der Waals surface area contributed by atoms with E-state index in [2.05, 4.69) is 9.97 Å². The number of benzene rings is 1. The molecule has 10 heteroatoms. The van der Waals surface area contributed by atoms with Gasteiger partial charge in [-0.05, 0) is 31.5 Å². The van der Waals surface area contributed by atoms with Crippen LogP contribution in [-0.4, -0.2) is 25.1 Å². The van der Waals surface area contributed by atoms with Gasteiger partial charge in [0.05, 0.1) is 10.6 Å². The van der Waals surface area contributed by atoms with Crippen molar-refractivity contribution in [3.05, 3.63) is 61.3 Å². The van der Waals surface area contributed by atoms with Crippen molar-refractivity contribution >= 4 is 28.7 Å². The van der Waals surface area contributed by atoms with Gasteiger partial charge in [0.25, 0.3) is 5.56 Å². The van der Waals surface area contributed by atoms with Gasteiger partial charge in [-0.15, -0.1) is 0 Å². The van der Waals surface area contributed by atoms with Crippen LogP contribution in [0.2, 0.25) is 5.02 Å². The fraction of sp³-hybridized carbons (Fsp3) is 0.368. The zero-order valence-corrected chi connectivity index (χ0v) is 16.8. The molecule has 0 spiro atoms. The molecule has 0 atom stereocenters. The molecule has 0 bridgehead atoms. The Hall–Kier alpha value is -2.94. The van der Waals surface area contributed by atoms with Gasteiger partial charge in [0.15, 0.2) is 11.2 Å². The van der Waals surface area contributed by atoms with Gasteiger partial charge in [-0.2, -0.15) is 0 Å². The Morgan fingerprint density at radius 3 is 2.69 bits per heavy atom. The number of unbranched alkanes of at least 4 members (excludes halogenated alkanes) is 1. The van der Waals surface area contributed by atoms with Crippen LogP contribution in [0.25, 0.3) is 11.2 Å². The van der Waals surface area contributed by atoms with Crippen molar-refractivity contribution in [1.82, 2.24) is 19.1 Å². The molecule has 0 saturated heterocycles. The van der Waals surface area contributed by atoms with Crippen molar-refractivity contribution in [2.75, 3.05) is 0 Å². The summed E-state index contributed by atoms with van der Waals surface area (Å²) in [6.07, 6.45) is 1.61. The van der Waals surface area contributed by atoms with E-state index in [0.29, 0.717) is 18.9 Å². The normalized spacial score (nSPS) is 11.2. The molecule has 1 aromatic carbocycles. The first kappa shape index (κ1) is 20.8. The van der Waals surface area contributed by atoms with Crippen LogP contribution in [0, 0.1) is 5.82 Å². The SMILES string of the molecule is CCCCn1c(=O)[nH]c(=O)c2c1nc(COC(=O)c1ccc(F)cc1Cl)n2CC. The highest BCUT2D eigenvalue weighted by molar-refractivity contribution is 6.33. The van der Waals surface area contributed by atoms with E-state index in [1.807, 2.05) is 13.8 Å². The fourth-order valence-electron chi connectivity index (χ4n) is 3.05. The fourth-order valence-corrected chi connectivity index (χ4v) is 3.30. The second-order valence-electron chi connectivity index (χ2n) is 6.41. The van der Waals surface area contributed by atoms with Crippen LogP contribution in [0.4, 0.5) is 4.39 Å². The number of hydrogen-bond donors (Lipinski definition) is 1. The summed E-state index contributed by atoms with van der Waals surface area (Å²) in [6.45, 7) is 4.36. The second kappa shape index (κ2) is 8.60. The smallest absolute Gasteiger partial charge is 0.340 e. The molecule has 3 aromatic rings. The zero-order valence-electron chi connectivity index (χ0n) is 16.0. The van der Waals surface area contributed by atoms with E-state index in [1.165, 1.54) is 10.6 Å². The van der Waals surface area contributed by atoms with E-state index in [0.717, 1.165) is 25.0 Å². The summed E-state index contributed by atoms with van der Waals surface area (Å²) in [5.41, 5.74) is -0.566. The van der Waals surface area contributed by atoms with Crippen LogP contribution in [0.15, 0.2) is 27.8 Å². The lowest BCUT2D eigenvalue weighted by molar-refractivity contribution is 0.0459.